The lowest BCUT2D eigenvalue weighted by Gasteiger charge is -2.35. The molecule has 2 aromatic carbocycles. The molecule has 0 spiro atoms. The number of likely N-dealkylation sites (N-methyl/N-ethyl adjacent to an activating group) is 1. The number of benzene rings is 2. The molecule has 1 amide bonds. The Bertz CT molecular complexity index is 1000. The number of halogens is 1. The molecular weight excluding hydrogens is 420 g/mol. The second-order valence-electron chi connectivity index (χ2n) is 7.20. The summed E-state index contributed by atoms with van der Waals surface area (Å²) in [6.45, 7) is 4.14. The molecule has 0 atom stereocenters. The van der Waals surface area contributed by atoms with E-state index >= 15 is 0 Å². The van der Waals surface area contributed by atoms with Crippen LogP contribution in [0.4, 0.5) is 11.4 Å². The number of aromatic nitrogens is 1. The highest BCUT2D eigenvalue weighted by Gasteiger charge is 2.19. The molecule has 0 aliphatic carbocycles. The third kappa shape index (κ3) is 5.11. The zero-order chi connectivity index (χ0) is 20.9. The molecule has 156 valence electrons. The molecule has 1 N–H and O–H groups in total. The Hall–Kier alpha value is -2.61. The number of anilines is 2. The average molecular weight is 443 g/mol. The van der Waals surface area contributed by atoms with Crippen LogP contribution in [0.5, 0.6) is 5.75 Å². The molecule has 1 aliphatic rings. The van der Waals surface area contributed by atoms with Crippen molar-refractivity contribution in [1.82, 2.24) is 9.88 Å². The van der Waals surface area contributed by atoms with E-state index in [0.29, 0.717) is 28.6 Å². The third-order valence-corrected chi connectivity index (χ3v) is 5.89. The standard InChI is InChI=1S/C22H23ClN4O2S/c1-26-7-9-27(10-8-26)21-6-5-17(23)12-20(21)25-22(28)16-3-2-4-19(11-16)29-13-18-14-30-15-24-18/h2-6,11-12,14-15H,7-10,13H2,1H3,(H,25,28). The fraction of sp³-hybridized carbons (Fsp3) is 0.273. The largest absolute Gasteiger partial charge is 0.487 e. The Kier molecular flexibility index (Phi) is 6.52. The molecule has 1 aromatic heterocycles. The fourth-order valence-corrected chi connectivity index (χ4v) is 4.03. The maximum atomic E-state index is 13.0. The normalized spacial score (nSPS) is 14.5. The van der Waals surface area contributed by atoms with Gasteiger partial charge < -0.3 is 19.9 Å². The predicted molar refractivity (Wildman–Crippen MR) is 122 cm³/mol. The molecule has 4 rings (SSSR count). The molecule has 0 saturated carbocycles. The van der Waals surface area contributed by atoms with E-state index in [-0.39, 0.29) is 5.91 Å². The quantitative estimate of drug-likeness (QED) is 0.614. The van der Waals surface area contributed by atoms with Crippen LogP contribution in [-0.2, 0) is 6.61 Å². The molecular formula is C22H23ClN4O2S. The Balaban J connectivity index is 1.48. The number of carbonyl (C=O) groups excluding carboxylic acids is 1. The Morgan fingerprint density at radius 2 is 2.03 bits per heavy atom. The number of hydrogen-bond donors (Lipinski definition) is 1. The summed E-state index contributed by atoms with van der Waals surface area (Å²) in [5, 5.41) is 5.55. The smallest absolute Gasteiger partial charge is 0.255 e. The molecule has 2 heterocycles. The number of rotatable bonds is 6. The first kappa shape index (κ1) is 20.7. The van der Waals surface area contributed by atoms with Crippen molar-refractivity contribution in [1.29, 1.82) is 0 Å². The van der Waals surface area contributed by atoms with E-state index in [1.54, 1.807) is 23.7 Å². The minimum Gasteiger partial charge on any atom is -0.487 e. The van der Waals surface area contributed by atoms with E-state index in [1.165, 1.54) is 11.3 Å². The monoisotopic (exact) mass is 442 g/mol. The molecule has 0 radical (unpaired) electrons. The van der Waals surface area contributed by atoms with Crippen LogP contribution < -0.4 is 15.0 Å². The average Bonchev–Trinajstić information content (AvgIpc) is 3.27. The summed E-state index contributed by atoms with van der Waals surface area (Å²) in [6.07, 6.45) is 0. The predicted octanol–water partition coefficient (Wildman–Crippen LogP) is 4.38. The number of ether oxygens (including phenoxy) is 1. The summed E-state index contributed by atoms with van der Waals surface area (Å²) in [5.41, 5.74) is 4.86. The van der Waals surface area contributed by atoms with Gasteiger partial charge in [0.15, 0.2) is 0 Å². The number of nitrogens with zero attached hydrogens (tertiary/aromatic N) is 3. The second-order valence-corrected chi connectivity index (χ2v) is 8.36. The minimum absolute atomic E-state index is 0.202. The Labute approximate surface area is 185 Å². The van der Waals surface area contributed by atoms with Gasteiger partial charge in [-0.15, -0.1) is 11.3 Å². The van der Waals surface area contributed by atoms with Crippen LogP contribution in [0.2, 0.25) is 5.02 Å². The minimum atomic E-state index is -0.202. The van der Waals surface area contributed by atoms with Gasteiger partial charge in [-0.2, -0.15) is 0 Å². The highest BCUT2D eigenvalue weighted by atomic mass is 35.5. The van der Waals surface area contributed by atoms with Gasteiger partial charge in [0.05, 0.1) is 22.6 Å². The van der Waals surface area contributed by atoms with Crippen molar-refractivity contribution >= 4 is 40.2 Å². The van der Waals surface area contributed by atoms with Crippen molar-refractivity contribution in [2.24, 2.45) is 0 Å². The summed E-state index contributed by atoms with van der Waals surface area (Å²) in [6, 6.07) is 12.8. The van der Waals surface area contributed by atoms with Gasteiger partial charge in [-0.25, -0.2) is 4.98 Å². The molecule has 1 fully saturated rings. The SMILES string of the molecule is CN1CCN(c2ccc(Cl)cc2NC(=O)c2cccc(OCc3cscn3)c2)CC1. The van der Waals surface area contributed by atoms with Gasteiger partial charge >= 0.3 is 0 Å². The van der Waals surface area contributed by atoms with Crippen LogP contribution in [0.3, 0.4) is 0 Å². The van der Waals surface area contributed by atoms with Crippen LogP contribution in [-0.4, -0.2) is 49.0 Å². The van der Waals surface area contributed by atoms with Crippen molar-refractivity contribution in [3.8, 4) is 5.75 Å². The number of nitrogens with one attached hydrogen (secondary N) is 1. The highest BCUT2D eigenvalue weighted by molar-refractivity contribution is 7.07. The lowest BCUT2D eigenvalue weighted by molar-refractivity contribution is 0.102. The zero-order valence-electron chi connectivity index (χ0n) is 16.7. The van der Waals surface area contributed by atoms with Crippen molar-refractivity contribution in [2.75, 3.05) is 43.4 Å². The maximum absolute atomic E-state index is 13.0. The van der Waals surface area contributed by atoms with Gasteiger partial charge in [0.25, 0.3) is 5.91 Å². The van der Waals surface area contributed by atoms with Crippen LogP contribution >= 0.6 is 22.9 Å². The van der Waals surface area contributed by atoms with Gasteiger partial charge in [0, 0.05) is 42.1 Å². The van der Waals surface area contributed by atoms with Crippen molar-refractivity contribution in [2.45, 2.75) is 6.61 Å². The Morgan fingerprint density at radius 1 is 1.20 bits per heavy atom. The first-order valence-corrected chi connectivity index (χ1v) is 11.0. The first-order valence-electron chi connectivity index (χ1n) is 9.73. The van der Waals surface area contributed by atoms with Crippen molar-refractivity contribution < 1.29 is 9.53 Å². The van der Waals surface area contributed by atoms with Crippen LogP contribution in [0.15, 0.2) is 53.4 Å². The van der Waals surface area contributed by atoms with E-state index in [4.69, 9.17) is 16.3 Å². The van der Waals surface area contributed by atoms with E-state index < -0.39 is 0 Å². The van der Waals surface area contributed by atoms with E-state index in [0.717, 1.165) is 37.6 Å². The first-order chi connectivity index (χ1) is 14.6. The van der Waals surface area contributed by atoms with Crippen molar-refractivity contribution in [3.05, 3.63) is 69.6 Å². The van der Waals surface area contributed by atoms with Gasteiger partial charge in [-0.05, 0) is 43.4 Å². The molecule has 0 unspecified atom stereocenters. The van der Waals surface area contributed by atoms with Gasteiger partial charge in [-0.1, -0.05) is 17.7 Å². The maximum Gasteiger partial charge on any atom is 0.255 e. The number of carbonyl (C=O) groups is 1. The van der Waals surface area contributed by atoms with Gasteiger partial charge in [-0.3, -0.25) is 4.79 Å². The molecule has 6 nitrogen and oxygen atoms in total. The third-order valence-electron chi connectivity index (χ3n) is 5.02. The fourth-order valence-electron chi connectivity index (χ4n) is 3.32. The van der Waals surface area contributed by atoms with Crippen LogP contribution in [0.1, 0.15) is 16.1 Å². The summed E-state index contributed by atoms with van der Waals surface area (Å²) < 4.78 is 5.77. The summed E-state index contributed by atoms with van der Waals surface area (Å²) in [5.74, 6) is 0.424. The van der Waals surface area contributed by atoms with E-state index in [9.17, 15) is 4.79 Å². The van der Waals surface area contributed by atoms with Crippen molar-refractivity contribution in [3.63, 3.8) is 0 Å². The Morgan fingerprint density at radius 3 is 2.80 bits per heavy atom. The summed E-state index contributed by atoms with van der Waals surface area (Å²) in [7, 11) is 2.12. The molecule has 1 aliphatic heterocycles. The second kappa shape index (κ2) is 9.47. The lowest BCUT2D eigenvalue weighted by atomic mass is 10.1. The van der Waals surface area contributed by atoms with Crippen LogP contribution in [0.25, 0.3) is 0 Å². The molecule has 8 heteroatoms. The number of piperazine rings is 1. The van der Waals surface area contributed by atoms with Gasteiger partial charge in [0.1, 0.15) is 12.4 Å². The topological polar surface area (TPSA) is 57.7 Å². The van der Waals surface area contributed by atoms with E-state index in [1.807, 2.05) is 29.6 Å². The lowest BCUT2D eigenvalue weighted by Crippen LogP contribution is -2.44. The van der Waals surface area contributed by atoms with Crippen LogP contribution in [0, 0.1) is 0 Å². The summed E-state index contributed by atoms with van der Waals surface area (Å²) >= 11 is 7.75. The number of amides is 1. The molecule has 1 saturated heterocycles. The highest BCUT2D eigenvalue weighted by Crippen LogP contribution is 2.30. The molecule has 3 aromatic rings. The summed E-state index contributed by atoms with van der Waals surface area (Å²) in [4.78, 5) is 21.7. The molecule has 0 bridgehead atoms. The molecule has 30 heavy (non-hydrogen) atoms. The van der Waals surface area contributed by atoms with Gasteiger partial charge in [0.2, 0.25) is 0 Å². The number of thiazole rings is 1. The zero-order valence-corrected chi connectivity index (χ0v) is 18.2. The van der Waals surface area contributed by atoms with E-state index in [2.05, 4.69) is 27.1 Å². The number of hydrogen-bond acceptors (Lipinski definition) is 6.